The molecular weight excluding hydrogens is 362 g/mol. The molecule has 3 heterocycles. The highest BCUT2D eigenvalue weighted by molar-refractivity contribution is 7.89. The molecule has 0 saturated carbocycles. The lowest BCUT2D eigenvalue weighted by molar-refractivity contribution is -0.126. The highest BCUT2D eigenvalue weighted by atomic mass is 32.2. The van der Waals surface area contributed by atoms with E-state index in [1.807, 2.05) is 12.3 Å². The minimum absolute atomic E-state index is 0.160. The first-order chi connectivity index (χ1) is 12.0. The summed E-state index contributed by atoms with van der Waals surface area (Å²) < 4.78 is 32.3. The summed E-state index contributed by atoms with van der Waals surface area (Å²) in [5, 5.41) is 2.31. The van der Waals surface area contributed by atoms with Gasteiger partial charge in [-0.2, -0.15) is 4.31 Å². The lowest BCUT2D eigenvalue weighted by Gasteiger charge is -2.36. The van der Waals surface area contributed by atoms with Crippen LogP contribution < -0.4 is 0 Å². The van der Waals surface area contributed by atoms with Crippen molar-refractivity contribution in [2.45, 2.75) is 25.0 Å². The third-order valence-corrected chi connectivity index (χ3v) is 7.58. The summed E-state index contributed by atoms with van der Waals surface area (Å²) in [5.74, 6) is -0.160. The average molecular weight is 386 g/mol. The van der Waals surface area contributed by atoms with Gasteiger partial charge in [-0.3, -0.25) is 4.79 Å². The van der Waals surface area contributed by atoms with Gasteiger partial charge in [0.1, 0.15) is 0 Å². The monoisotopic (exact) mass is 385 g/mol. The van der Waals surface area contributed by atoms with Gasteiger partial charge in [0, 0.05) is 37.6 Å². The van der Waals surface area contributed by atoms with Gasteiger partial charge >= 0.3 is 0 Å². The standard InChI is InChI=1S/C16H23N3O4S2/c1-13-17-14(12-24-13)4-5-16(20)18-6-2-3-15(11-18)25(21,22)19-7-9-23-10-8-19/h4-5,12,15H,2-3,6-11H2,1H3. The molecule has 1 aromatic rings. The van der Waals surface area contributed by atoms with Crippen LogP contribution in [0.15, 0.2) is 11.5 Å². The van der Waals surface area contributed by atoms with E-state index in [1.54, 1.807) is 11.0 Å². The Labute approximate surface area is 152 Å². The maximum Gasteiger partial charge on any atom is 0.246 e. The Morgan fingerprint density at radius 3 is 2.80 bits per heavy atom. The van der Waals surface area contributed by atoms with E-state index in [0.29, 0.717) is 45.7 Å². The molecule has 2 saturated heterocycles. The van der Waals surface area contributed by atoms with Crippen LogP contribution in [0.5, 0.6) is 0 Å². The van der Waals surface area contributed by atoms with E-state index < -0.39 is 15.3 Å². The SMILES string of the molecule is Cc1nc(C=CC(=O)N2CCCC(S(=O)(=O)N3CCOCC3)C2)cs1. The van der Waals surface area contributed by atoms with Crippen molar-refractivity contribution in [3.8, 4) is 0 Å². The molecule has 9 heteroatoms. The predicted molar refractivity (Wildman–Crippen MR) is 96.8 cm³/mol. The van der Waals surface area contributed by atoms with Gasteiger partial charge in [-0.15, -0.1) is 11.3 Å². The number of hydrogen-bond acceptors (Lipinski definition) is 6. The number of carbonyl (C=O) groups is 1. The van der Waals surface area contributed by atoms with E-state index in [4.69, 9.17) is 4.74 Å². The van der Waals surface area contributed by atoms with Crippen LogP contribution in [0.4, 0.5) is 0 Å². The summed E-state index contributed by atoms with van der Waals surface area (Å²) in [6.07, 6.45) is 4.46. The molecule has 0 aliphatic carbocycles. The van der Waals surface area contributed by atoms with Crippen LogP contribution in [0.25, 0.3) is 6.08 Å². The molecule has 138 valence electrons. The molecule has 1 aromatic heterocycles. The number of amides is 1. The molecule has 0 aromatic carbocycles. The van der Waals surface area contributed by atoms with Gasteiger partial charge in [-0.05, 0) is 25.8 Å². The van der Waals surface area contributed by atoms with Crippen molar-refractivity contribution < 1.29 is 17.9 Å². The van der Waals surface area contributed by atoms with Crippen LogP contribution in [0.3, 0.4) is 0 Å². The van der Waals surface area contributed by atoms with Crippen molar-refractivity contribution in [3.63, 3.8) is 0 Å². The van der Waals surface area contributed by atoms with Gasteiger partial charge in [0.15, 0.2) is 0 Å². The quantitative estimate of drug-likeness (QED) is 0.726. The van der Waals surface area contributed by atoms with E-state index in [0.717, 1.165) is 10.7 Å². The Kier molecular flexibility index (Phi) is 5.88. The fourth-order valence-corrected chi connectivity index (χ4v) is 5.61. The van der Waals surface area contributed by atoms with Crippen molar-refractivity contribution in [1.82, 2.24) is 14.2 Å². The number of hydrogen-bond donors (Lipinski definition) is 0. The second-order valence-corrected chi connectivity index (χ2v) is 9.50. The topological polar surface area (TPSA) is 79.8 Å². The number of aromatic nitrogens is 1. The lowest BCUT2D eigenvalue weighted by Crippen LogP contribution is -2.51. The van der Waals surface area contributed by atoms with Gasteiger partial charge in [-0.25, -0.2) is 13.4 Å². The maximum atomic E-state index is 12.8. The first-order valence-electron chi connectivity index (χ1n) is 8.42. The summed E-state index contributed by atoms with van der Waals surface area (Å²) >= 11 is 1.53. The molecular formula is C16H23N3O4S2. The number of likely N-dealkylation sites (tertiary alicyclic amines) is 1. The number of morpholine rings is 1. The molecule has 7 nitrogen and oxygen atoms in total. The maximum absolute atomic E-state index is 12.8. The molecule has 1 amide bonds. The van der Waals surface area contributed by atoms with Crippen LogP contribution >= 0.6 is 11.3 Å². The molecule has 1 unspecified atom stereocenters. The third-order valence-electron chi connectivity index (χ3n) is 4.47. The highest BCUT2D eigenvalue weighted by Gasteiger charge is 2.36. The molecule has 3 rings (SSSR count). The van der Waals surface area contributed by atoms with Gasteiger partial charge in [0.25, 0.3) is 0 Å². The smallest absolute Gasteiger partial charge is 0.246 e. The molecule has 25 heavy (non-hydrogen) atoms. The van der Waals surface area contributed by atoms with Crippen LogP contribution in [-0.4, -0.2) is 73.2 Å². The van der Waals surface area contributed by atoms with Gasteiger partial charge in [-0.1, -0.05) is 0 Å². The summed E-state index contributed by atoms with van der Waals surface area (Å²) in [7, 11) is -3.39. The Hall–Kier alpha value is -1.29. The molecule has 0 radical (unpaired) electrons. The zero-order chi connectivity index (χ0) is 17.9. The molecule has 2 aliphatic rings. The van der Waals surface area contributed by atoms with Gasteiger partial charge in [0.05, 0.1) is 29.2 Å². The minimum Gasteiger partial charge on any atom is -0.379 e. The lowest BCUT2D eigenvalue weighted by atomic mass is 10.1. The summed E-state index contributed by atoms with van der Waals surface area (Å²) in [6, 6.07) is 0. The van der Waals surface area contributed by atoms with Gasteiger partial charge < -0.3 is 9.64 Å². The average Bonchev–Trinajstić information content (AvgIpc) is 3.06. The normalized spacial score (nSPS) is 23.2. The van der Waals surface area contributed by atoms with Crippen molar-refractivity contribution in [3.05, 3.63) is 22.2 Å². The summed E-state index contributed by atoms with van der Waals surface area (Å²) in [4.78, 5) is 18.3. The Morgan fingerprint density at radius 1 is 1.36 bits per heavy atom. The molecule has 2 aliphatic heterocycles. The van der Waals surface area contributed by atoms with E-state index in [2.05, 4.69) is 4.98 Å². The van der Waals surface area contributed by atoms with Gasteiger partial charge in [0.2, 0.25) is 15.9 Å². The number of ether oxygens (including phenoxy) is 1. The van der Waals surface area contributed by atoms with Crippen molar-refractivity contribution >= 4 is 33.3 Å². The number of thiazole rings is 1. The van der Waals surface area contributed by atoms with E-state index in [-0.39, 0.29) is 12.5 Å². The van der Waals surface area contributed by atoms with Crippen molar-refractivity contribution in [1.29, 1.82) is 0 Å². The zero-order valence-electron chi connectivity index (χ0n) is 14.3. The predicted octanol–water partition coefficient (Wildman–Crippen LogP) is 1.12. The molecule has 0 N–H and O–H groups in total. The van der Waals surface area contributed by atoms with E-state index >= 15 is 0 Å². The third kappa shape index (κ3) is 4.46. The number of nitrogens with zero attached hydrogens (tertiary/aromatic N) is 3. The molecule has 0 bridgehead atoms. The van der Waals surface area contributed by atoms with Crippen molar-refractivity contribution in [2.75, 3.05) is 39.4 Å². The second kappa shape index (κ2) is 7.94. The Balaban J connectivity index is 1.64. The Morgan fingerprint density at radius 2 is 2.12 bits per heavy atom. The highest BCUT2D eigenvalue weighted by Crippen LogP contribution is 2.22. The largest absolute Gasteiger partial charge is 0.379 e. The first kappa shape index (κ1) is 18.5. The Bertz CT molecular complexity index is 738. The summed E-state index contributed by atoms with van der Waals surface area (Å²) in [6.45, 7) is 4.42. The number of sulfonamides is 1. The van der Waals surface area contributed by atoms with Crippen LogP contribution in [-0.2, 0) is 19.6 Å². The van der Waals surface area contributed by atoms with E-state index in [1.165, 1.54) is 21.7 Å². The minimum atomic E-state index is -3.39. The molecule has 1 atom stereocenters. The number of piperidine rings is 1. The first-order valence-corrected chi connectivity index (χ1v) is 10.8. The summed E-state index contributed by atoms with van der Waals surface area (Å²) in [5.41, 5.74) is 0.755. The van der Waals surface area contributed by atoms with Crippen LogP contribution in [0.1, 0.15) is 23.5 Å². The molecule has 0 spiro atoms. The van der Waals surface area contributed by atoms with Crippen LogP contribution in [0.2, 0.25) is 0 Å². The fourth-order valence-electron chi connectivity index (χ4n) is 3.11. The van der Waals surface area contributed by atoms with Crippen molar-refractivity contribution in [2.24, 2.45) is 0 Å². The fraction of sp³-hybridized carbons (Fsp3) is 0.625. The molecule has 2 fully saturated rings. The number of aryl methyl sites for hydroxylation is 1. The second-order valence-electron chi connectivity index (χ2n) is 6.23. The van der Waals surface area contributed by atoms with Crippen LogP contribution in [0, 0.1) is 6.92 Å². The zero-order valence-corrected chi connectivity index (χ0v) is 15.9. The number of carbonyl (C=O) groups excluding carboxylic acids is 1. The van der Waals surface area contributed by atoms with E-state index in [9.17, 15) is 13.2 Å². The number of rotatable bonds is 4.